The van der Waals surface area contributed by atoms with Gasteiger partial charge in [0.25, 0.3) is 0 Å². The number of hydrogen-bond acceptors (Lipinski definition) is 6. The molecule has 0 heterocycles. The van der Waals surface area contributed by atoms with Crippen LogP contribution in [0.15, 0.2) is 59.5 Å². The van der Waals surface area contributed by atoms with Gasteiger partial charge in [-0.25, -0.2) is 17.6 Å². The van der Waals surface area contributed by atoms with E-state index in [1.165, 1.54) is 43.3 Å². The van der Waals surface area contributed by atoms with Crippen LogP contribution in [0, 0.1) is 5.82 Å². The van der Waals surface area contributed by atoms with E-state index in [1.54, 1.807) is 18.2 Å². The van der Waals surface area contributed by atoms with Crippen LogP contribution in [0.5, 0.6) is 0 Å². The van der Waals surface area contributed by atoms with Gasteiger partial charge < -0.3 is 15.4 Å². The monoisotopic (exact) mass is 464 g/mol. The van der Waals surface area contributed by atoms with Crippen LogP contribution in [0.2, 0.25) is 0 Å². The molecule has 2 amide bonds. The number of hydrogen-bond donors (Lipinski definition) is 2. The average Bonchev–Trinajstić information content (AvgIpc) is 2.77. The molecule has 0 saturated heterocycles. The van der Waals surface area contributed by atoms with Gasteiger partial charge in [0.1, 0.15) is 17.9 Å². The zero-order valence-corrected chi connectivity index (χ0v) is 18.5. The standard InChI is InChI=1S/C22H25FN2O6S/c1-15(26)24-20(14-16-8-10-17(23)11-9-16)21(27)25-19(22(28)31-2)12-13-32(29,30)18-6-4-3-5-7-18/h3-11,19-20H,12-14H2,1-2H3,(H,24,26)(H,25,27)/t19-,20+/m0/s1. The van der Waals surface area contributed by atoms with Crippen LogP contribution in [0.25, 0.3) is 0 Å². The van der Waals surface area contributed by atoms with Crippen LogP contribution in [0.4, 0.5) is 4.39 Å². The minimum Gasteiger partial charge on any atom is -0.467 e. The maximum absolute atomic E-state index is 13.1. The lowest BCUT2D eigenvalue weighted by molar-refractivity contribution is -0.145. The van der Waals surface area contributed by atoms with E-state index in [1.807, 2.05) is 0 Å². The Balaban J connectivity index is 2.13. The Labute approximate surface area is 186 Å². The van der Waals surface area contributed by atoms with Gasteiger partial charge in [-0.15, -0.1) is 0 Å². The van der Waals surface area contributed by atoms with Crippen molar-refractivity contribution < 1.29 is 31.9 Å². The second kappa shape index (κ2) is 11.4. The average molecular weight is 465 g/mol. The van der Waals surface area contributed by atoms with Gasteiger partial charge in [0, 0.05) is 13.3 Å². The Kier molecular flexibility index (Phi) is 8.89. The lowest BCUT2D eigenvalue weighted by Crippen LogP contribution is -2.52. The highest BCUT2D eigenvalue weighted by Crippen LogP contribution is 2.13. The number of methoxy groups -OCH3 is 1. The molecule has 2 rings (SSSR count). The molecule has 0 bridgehead atoms. The third kappa shape index (κ3) is 7.45. The summed E-state index contributed by atoms with van der Waals surface area (Å²) >= 11 is 0. The normalized spacial score (nSPS) is 13.0. The first kappa shape index (κ1) is 25.0. The first-order valence-electron chi connectivity index (χ1n) is 9.80. The van der Waals surface area contributed by atoms with Crippen LogP contribution in [0.3, 0.4) is 0 Å². The van der Waals surface area contributed by atoms with E-state index in [0.717, 1.165) is 7.11 Å². The lowest BCUT2D eigenvalue weighted by atomic mass is 10.0. The van der Waals surface area contributed by atoms with Gasteiger partial charge in [-0.3, -0.25) is 9.59 Å². The summed E-state index contributed by atoms with van der Waals surface area (Å²) in [4.78, 5) is 36.7. The topological polar surface area (TPSA) is 119 Å². The van der Waals surface area contributed by atoms with Crippen molar-refractivity contribution >= 4 is 27.6 Å². The molecule has 32 heavy (non-hydrogen) atoms. The SMILES string of the molecule is COC(=O)[C@H](CCS(=O)(=O)c1ccccc1)NC(=O)[C@@H](Cc1ccc(F)cc1)NC(C)=O. The van der Waals surface area contributed by atoms with Gasteiger partial charge in [0.05, 0.1) is 17.8 Å². The summed E-state index contributed by atoms with van der Waals surface area (Å²) in [6, 6.07) is 10.8. The highest BCUT2D eigenvalue weighted by atomic mass is 32.2. The minimum absolute atomic E-state index is 0.0436. The van der Waals surface area contributed by atoms with Crippen molar-refractivity contribution in [2.75, 3.05) is 12.9 Å². The summed E-state index contributed by atoms with van der Waals surface area (Å²) < 4.78 is 42.9. The first-order chi connectivity index (χ1) is 15.1. The summed E-state index contributed by atoms with van der Waals surface area (Å²) in [5, 5.41) is 4.95. The van der Waals surface area contributed by atoms with E-state index in [4.69, 9.17) is 4.74 Å². The van der Waals surface area contributed by atoms with Crippen LogP contribution >= 0.6 is 0 Å². The van der Waals surface area contributed by atoms with Gasteiger partial charge in [-0.05, 0) is 36.2 Å². The fourth-order valence-corrected chi connectivity index (χ4v) is 4.35. The van der Waals surface area contributed by atoms with E-state index in [-0.39, 0.29) is 17.7 Å². The summed E-state index contributed by atoms with van der Waals surface area (Å²) in [5.74, 6) is -2.84. The molecule has 0 spiro atoms. The molecule has 2 aromatic rings. The van der Waals surface area contributed by atoms with Crippen LogP contribution < -0.4 is 10.6 Å². The number of esters is 1. The molecular weight excluding hydrogens is 439 g/mol. The Bertz CT molecular complexity index is 1040. The van der Waals surface area contributed by atoms with Crippen molar-refractivity contribution in [2.45, 2.75) is 36.7 Å². The fraction of sp³-hybridized carbons (Fsp3) is 0.318. The second-order valence-electron chi connectivity index (χ2n) is 7.09. The van der Waals surface area contributed by atoms with E-state index < -0.39 is 51.3 Å². The quantitative estimate of drug-likeness (QED) is 0.513. The predicted molar refractivity (Wildman–Crippen MR) is 115 cm³/mol. The molecule has 2 aromatic carbocycles. The molecule has 0 aliphatic carbocycles. The van der Waals surface area contributed by atoms with Crippen molar-refractivity contribution in [3.05, 3.63) is 66.0 Å². The number of rotatable bonds is 10. The molecular formula is C22H25FN2O6S. The van der Waals surface area contributed by atoms with Crippen LogP contribution in [0.1, 0.15) is 18.9 Å². The molecule has 2 N–H and O–H groups in total. The summed E-state index contributed by atoms with van der Waals surface area (Å²) in [6.07, 6.45) is -0.180. The largest absolute Gasteiger partial charge is 0.467 e. The second-order valence-corrected chi connectivity index (χ2v) is 9.20. The number of amides is 2. The van der Waals surface area contributed by atoms with Gasteiger partial charge >= 0.3 is 5.97 Å². The third-order valence-corrected chi connectivity index (χ3v) is 6.39. The third-order valence-electron chi connectivity index (χ3n) is 4.63. The molecule has 0 aromatic heterocycles. The van der Waals surface area contributed by atoms with Crippen LogP contribution in [-0.2, 0) is 35.4 Å². The van der Waals surface area contributed by atoms with E-state index in [9.17, 15) is 27.2 Å². The minimum atomic E-state index is -3.69. The highest BCUT2D eigenvalue weighted by molar-refractivity contribution is 7.91. The number of halogens is 1. The van der Waals surface area contributed by atoms with Crippen LogP contribution in [-0.4, -0.2) is 51.1 Å². The van der Waals surface area contributed by atoms with Gasteiger partial charge in [-0.1, -0.05) is 30.3 Å². The molecule has 0 aliphatic heterocycles. The maximum Gasteiger partial charge on any atom is 0.328 e. The highest BCUT2D eigenvalue weighted by Gasteiger charge is 2.28. The zero-order chi connectivity index (χ0) is 23.7. The Morgan fingerprint density at radius 3 is 2.16 bits per heavy atom. The number of sulfone groups is 1. The fourth-order valence-electron chi connectivity index (χ4n) is 2.99. The predicted octanol–water partition coefficient (Wildman–Crippen LogP) is 1.39. The molecule has 2 atom stereocenters. The molecule has 0 aliphatic rings. The molecule has 0 fully saturated rings. The maximum atomic E-state index is 13.1. The molecule has 0 saturated carbocycles. The summed E-state index contributed by atoms with van der Waals surface area (Å²) in [5.41, 5.74) is 0.585. The van der Waals surface area contributed by atoms with E-state index in [0.29, 0.717) is 5.56 Å². The Morgan fingerprint density at radius 1 is 0.969 bits per heavy atom. The van der Waals surface area contributed by atoms with Crippen molar-refractivity contribution in [2.24, 2.45) is 0 Å². The molecule has 0 radical (unpaired) electrons. The smallest absolute Gasteiger partial charge is 0.328 e. The zero-order valence-electron chi connectivity index (χ0n) is 17.7. The Morgan fingerprint density at radius 2 is 1.59 bits per heavy atom. The van der Waals surface area contributed by atoms with Gasteiger partial charge in [-0.2, -0.15) is 0 Å². The van der Waals surface area contributed by atoms with Crippen molar-refractivity contribution in [3.8, 4) is 0 Å². The van der Waals surface area contributed by atoms with E-state index in [2.05, 4.69) is 10.6 Å². The molecule has 0 unspecified atom stereocenters. The number of ether oxygens (including phenoxy) is 1. The summed E-state index contributed by atoms with van der Waals surface area (Å²) in [7, 11) is -2.57. The first-order valence-corrected chi connectivity index (χ1v) is 11.4. The number of nitrogens with one attached hydrogen (secondary N) is 2. The van der Waals surface area contributed by atoms with Crippen molar-refractivity contribution in [1.82, 2.24) is 10.6 Å². The van der Waals surface area contributed by atoms with Crippen molar-refractivity contribution in [1.29, 1.82) is 0 Å². The Hall–Kier alpha value is -3.27. The molecule has 8 nitrogen and oxygen atoms in total. The summed E-state index contributed by atoms with van der Waals surface area (Å²) in [6.45, 7) is 1.23. The van der Waals surface area contributed by atoms with Gasteiger partial charge in [0.2, 0.25) is 11.8 Å². The molecule has 10 heteroatoms. The number of carbonyl (C=O) groups is 3. The number of carbonyl (C=O) groups excluding carboxylic acids is 3. The van der Waals surface area contributed by atoms with Gasteiger partial charge in [0.15, 0.2) is 9.84 Å². The van der Waals surface area contributed by atoms with E-state index >= 15 is 0 Å². The molecule has 172 valence electrons. The van der Waals surface area contributed by atoms with Crippen molar-refractivity contribution in [3.63, 3.8) is 0 Å². The number of benzene rings is 2. The lowest BCUT2D eigenvalue weighted by Gasteiger charge is -2.22.